The van der Waals surface area contributed by atoms with Gasteiger partial charge in [-0.05, 0) is 107 Å². The molecule has 0 atom stereocenters. The van der Waals surface area contributed by atoms with Crippen LogP contribution in [0.3, 0.4) is 0 Å². The van der Waals surface area contributed by atoms with Gasteiger partial charge in [-0.3, -0.25) is 0 Å². The van der Waals surface area contributed by atoms with Gasteiger partial charge in [-0.15, -0.1) is 0 Å². The maximum Gasteiger partial charge on any atom is 0.0541 e. The van der Waals surface area contributed by atoms with Crippen LogP contribution in [-0.4, -0.2) is 4.57 Å². The molecule has 0 unspecified atom stereocenters. The smallest absolute Gasteiger partial charge is 0.0541 e. The summed E-state index contributed by atoms with van der Waals surface area (Å²) in [5, 5.41) is 10.1. The summed E-state index contributed by atoms with van der Waals surface area (Å²) in [5.74, 6) is 0. The highest BCUT2D eigenvalue weighted by atomic mass is 15.0. The molecule has 11 rings (SSSR count). The van der Waals surface area contributed by atoms with Crippen molar-refractivity contribution in [1.29, 1.82) is 0 Å². The molecule has 0 saturated heterocycles. The van der Waals surface area contributed by atoms with E-state index in [0.717, 1.165) is 5.69 Å². The first-order valence-corrected chi connectivity index (χ1v) is 19.7. The third kappa shape index (κ3) is 5.72. The lowest BCUT2D eigenvalue weighted by Crippen LogP contribution is -1.94. The topological polar surface area (TPSA) is 4.93 Å². The first-order chi connectivity index (χ1) is 28.3. The molecule has 0 aliphatic heterocycles. The van der Waals surface area contributed by atoms with Crippen molar-refractivity contribution in [3.63, 3.8) is 0 Å². The number of fused-ring (bicyclic) bond motifs is 6. The minimum absolute atomic E-state index is 1.16. The number of nitrogens with zero attached hydrogens (tertiary/aromatic N) is 1. The van der Waals surface area contributed by atoms with Crippen LogP contribution in [0, 0.1) is 0 Å². The number of hydrogen-bond acceptors (Lipinski definition) is 0. The lowest BCUT2D eigenvalue weighted by atomic mass is 9.86. The second-order valence-corrected chi connectivity index (χ2v) is 14.9. The Kier molecular flexibility index (Phi) is 7.89. The Balaban J connectivity index is 0.929. The Bertz CT molecular complexity index is 3200. The first kappa shape index (κ1) is 32.9. The summed E-state index contributed by atoms with van der Waals surface area (Å²) >= 11 is 0. The number of aromatic nitrogens is 1. The minimum Gasteiger partial charge on any atom is -0.309 e. The molecule has 0 bridgehead atoms. The van der Waals surface area contributed by atoms with E-state index in [-0.39, 0.29) is 0 Å². The van der Waals surface area contributed by atoms with E-state index < -0.39 is 0 Å². The average molecular weight is 724 g/mol. The van der Waals surface area contributed by atoms with E-state index in [1.54, 1.807) is 0 Å². The fourth-order valence-electron chi connectivity index (χ4n) is 8.84. The van der Waals surface area contributed by atoms with Crippen molar-refractivity contribution in [2.75, 3.05) is 0 Å². The molecule has 266 valence electrons. The van der Waals surface area contributed by atoms with Crippen LogP contribution in [0.5, 0.6) is 0 Å². The molecular weight excluding hydrogens is 687 g/mol. The molecule has 0 N–H and O–H groups in total. The molecule has 0 spiro atoms. The fraction of sp³-hybridized carbons (Fsp3) is 0. The van der Waals surface area contributed by atoms with Gasteiger partial charge in [0.1, 0.15) is 0 Å². The van der Waals surface area contributed by atoms with E-state index in [9.17, 15) is 0 Å². The number of rotatable bonds is 6. The molecule has 0 aliphatic carbocycles. The van der Waals surface area contributed by atoms with Crippen molar-refractivity contribution >= 4 is 66.3 Å². The SMILES string of the molecule is C(=C\c1ccc(-c2c3ccccc3c(-c3ccc(-n4c5ccccc5c5ccccc54)cc3)c3ccccc23)cc1)/c1ccc(-c2ccc3ccccc3c2)cc1. The van der Waals surface area contributed by atoms with Crippen molar-refractivity contribution in [3.8, 4) is 39.1 Å². The van der Waals surface area contributed by atoms with Gasteiger partial charge in [-0.2, -0.15) is 0 Å². The molecule has 0 aliphatic rings. The van der Waals surface area contributed by atoms with E-state index in [1.165, 1.54) is 98.6 Å². The zero-order valence-electron chi connectivity index (χ0n) is 31.3. The quantitative estimate of drug-likeness (QED) is 0.119. The molecular formula is C56H37N. The van der Waals surface area contributed by atoms with Crippen LogP contribution in [0.15, 0.2) is 212 Å². The first-order valence-electron chi connectivity index (χ1n) is 19.7. The lowest BCUT2D eigenvalue weighted by Gasteiger charge is -2.18. The minimum atomic E-state index is 1.16. The standard InChI is InChI=1S/C56H37N/c1-2-12-44-37-45(32-31-40(44)11-1)41-27-23-38(24-28-41)21-22-39-25-29-42(30-26-39)55-49-15-3-5-17-51(49)56(52-18-6-4-16-50(52)55)43-33-35-46(36-34-43)57-53-19-9-7-13-47(53)48-14-8-10-20-54(48)57/h1-37H/b22-21+. The zero-order chi connectivity index (χ0) is 37.7. The maximum absolute atomic E-state index is 2.38. The molecule has 1 heterocycles. The summed E-state index contributed by atoms with van der Waals surface area (Å²) in [7, 11) is 0. The normalized spacial score (nSPS) is 11.8. The van der Waals surface area contributed by atoms with Gasteiger partial charge in [0, 0.05) is 16.5 Å². The van der Waals surface area contributed by atoms with Crippen molar-refractivity contribution < 1.29 is 0 Å². The number of hydrogen-bond donors (Lipinski definition) is 0. The molecule has 1 aromatic heterocycles. The second-order valence-electron chi connectivity index (χ2n) is 14.9. The highest BCUT2D eigenvalue weighted by Gasteiger charge is 2.17. The Morgan fingerprint density at radius 1 is 0.281 bits per heavy atom. The van der Waals surface area contributed by atoms with E-state index in [4.69, 9.17) is 0 Å². The van der Waals surface area contributed by atoms with Crippen LogP contribution < -0.4 is 0 Å². The van der Waals surface area contributed by atoms with Gasteiger partial charge in [0.25, 0.3) is 0 Å². The Morgan fingerprint density at radius 2 is 0.667 bits per heavy atom. The van der Waals surface area contributed by atoms with Crippen LogP contribution >= 0.6 is 0 Å². The zero-order valence-corrected chi connectivity index (χ0v) is 31.3. The predicted octanol–water partition coefficient (Wildman–Crippen LogP) is 15.4. The van der Waals surface area contributed by atoms with Crippen LogP contribution in [0.4, 0.5) is 0 Å². The third-order valence-electron chi connectivity index (χ3n) is 11.6. The highest BCUT2D eigenvalue weighted by Crippen LogP contribution is 2.44. The summed E-state index contributed by atoms with van der Waals surface area (Å²) in [6.07, 6.45) is 4.41. The largest absolute Gasteiger partial charge is 0.309 e. The van der Waals surface area contributed by atoms with Gasteiger partial charge in [0.05, 0.1) is 11.0 Å². The molecule has 0 radical (unpaired) electrons. The average Bonchev–Trinajstić information content (AvgIpc) is 3.62. The van der Waals surface area contributed by atoms with Crippen molar-refractivity contribution in [1.82, 2.24) is 4.57 Å². The maximum atomic E-state index is 2.38. The van der Waals surface area contributed by atoms with Gasteiger partial charge in [-0.1, -0.05) is 194 Å². The second kappa shape index (κ2) is 13.7. The van der Waals surface area contributed by atoms with Gasteiger partial charge >= 0.3 is 0 Å². The lowest BCUT2D eigenvalue weighted by molar-refractivity contribution is 1.18. The van der Waals surface area contributed by atoms with E-state index in [2.05, 4.69) is 229 Å². The third-order valence-corrected chi connectivity index (χ3v) is 11.6. The Labute approximate surface area is 332 Å². The Morgan fingerprint density at radius 3 is 1.18 bits per heavy atom. The predicted molar refractivity (Wildman–Crippen MR) is 245 cm³/mol. The molecule has 0 amide bonds. The van der Waals surface area contributed by atoms with Gasteiger partial charge in [0.15, 0.2) is 0 Å². The van der Waals surface area contributed by atoms with Crippen molar-refractivity contribution in [3.05, 3.63) is 223 Å². The van der Waals surface area contributed by atoms with Gasteiger partial charge in [-0.25, -0.2) is 0 Å². The van der Waals surface area contributed by atoms with Crippen LogP contribution in [0.2, 0.25) is 0 Å². The summed E-state index contributed by atoms with van der Waals surface area (Å²) in [4.78, 5) is 0. The fourth-order valence-corrected chi connectivity index (χ4v) is 8.84. The van der Waals surface area contributed by atoms with E-state index in [1.807, 2.05) is 0 Å². The summed E-state index contributed by atoms with van der Waals surface area (Å²) in [6, 6.07) is 77.4. The number of benzene rings is 10. The number of para-hydroxylation sites is 2. The summed E-state index contributed by atoms with van der Waals surface area (Å²) in [6.45, 7) is 0. The molecule has 0 fully saturated rings. The Hall–Kier alpha value is -7.48. The highest BCUT2D eigenvalue weighted by molar-refractivity contribution is 6.21. The van der Waals surface area contributed by atoms with E-state index >= 15 is 0 Å². The van der Waals surface area contributed by atoms with Crippen LogP contribution in [0.25, 0.3) is 105 Å². The molecule has 10 aromatic carbocycles. The molecule has 57 heavy (non-hydrogen) atoms. The summed E-state index contributed by atoms with van der Waals surface area (Å²) in [5.41, 5.74) is 13.4. The molecule has 1 heteroatoms. The van der Waals surface area contributed by atoms with E-state index in [0.29, 0.717) is 0 Å². The van der Waals surface area contributed by atoms with Crippen molar-refractivity contribution in [2.24, 2.45) is 0 Å². The van der Waals surface area contributed by atoms with Crippen molar-refractivity contribution in [2.45, 2.75) is 0 Å². The van der Waals surface area contributed by atoms with Gasteiger partial charge in [0.2, 0.25) is 0 Å². The summed E-state index contributed by atoms with van der Waals surface area (Å²) < 4.78 is 2.38. The van der Waals surface area contributed by atoms with Crippen LogP contribution in [0.1, 0.15) is 11.1 Å². The van der Waals surface area contributed by atoms with Crippen LogP contribution in [-0.2, 0) is 0 Å². The molecule has 0 saturated carbocycles. The molecule has 11 aromatic rings. The monoisotopic (exact) mass is 723 g/mol. The van der Waals surface area contributed by atoms with Gasteiger partial charge < -0.3 is 4.57 Å². The molecule has 1 nitrogen and oxygen atoms in total.